The van der Waals surface area contributed by atoms with Crippen LogP contribution in [0.25, 0.3) is 0 Å². The molecular weight excluding hydrogens is 639 g/mol. The molecule has 0 fully saturated rings. The molecule has 8 nitrogen and oxygen atoms in total. The Morgan fingerprint density at radius 3 is 1.43 bits per heavy atom. The van der Waals surface area contributed by atoms with E-state index in [1.54, 1.807) is 0 Å². The van der Waals surface area contributed by atoms with Crippen molar-refractivity contribution < 1.29 is 37.9 Å². The lowest BCUT2D eigenvalue weighted by atomic mass is 10.1. The fourth-order valence-electron chi connectivity index (χ4n) is 5.15. The molecule has 0 saturated heterocycles. The van der Waals surface area contributed by atoms with Gasteiger partial charge in [-0.05, 0) is 70.6 Å². The molecule has 0 aromatic heterocycles. The van der Waals surface area contributed by atoms with Gasteiger partial charge in [0.2, 0.25) is 0 Å². The van der Waals surface area contributed by atoms with Crippen LogP contribution in [0.4, 0.5) is 0 Å². The van der Waals surface area contributed by atoms with Crippen LogP contribution in [0.1, 0.15) is 174 Å². The smallest absolute Gasteiger partial charge is 0.462 e. The minimum absolute atomic E-state index is 0.199. The van der Waals surface area contributed by atoms with Crippen LogP contribution in [0.2, 0.25) is 0 Å². The normalized spacial score (nSPS) is 13.0. The van der Waals surface area contributed by atoms with Crippen molar-refractivity contribution >= 4 is 19.8 Å². The molecule has 0 aromatic rings. The van der Waals surface area contributed by atoms with E-state index in [4.69, 9.17) is 19.3 Å². The lowest BCUT2D eigenvalue weighted by Crippen LogP contribution is -2.29. The van der Waals surface area contributed by atoms with Gasteiger partial charge in [0.05, 0.1) is 6.61 Å². The van der Waals surface area contributed by atoms with Gasteiger partial charge >= 0.3 is 19.8 Å². The molecule has 0 aromatic carbocycles. The van der Waals surface area contributed by atoms with Crippen molar-refractivity contribution in [2.24, 2.45) is 0 Å². The summed E-state index contributed by atoms with van der Waals surface area (Å²) in [5.74, 6) is -0.913. The van der Waals surface area contributed by atoms with Gasteiger partial charge in [-0.1, -0.05) is 140 Å². The average molecular weight is 711 g/mol. The second-order valence-corrected chi connectivity index (χ2v) is 14.1. The molecule has 0 amide bonds. The molecular formula is C40H71O8P. The highest BCUT2D eigenvalue weighted by atomic mass is 31.2. The molecule has 0 spiro atoms. The van der Waals surface area contributed by atoms with Crippen LogP contribution in [0.15, 0.2) is 48.6 Å². The summed E-state index contributed by atoms with van der Waals surface area (Å²) in [5.41, 5.74) is 0. The Balaban J connectivity index is 3.98. The van der Waals surface area contributed by atoms with Crippen molar-refractivity contribution in [3.8, 4) is 0 Å². The molecule has 0 aliphatic heterocycles. The monoisotopic (exact) mass is 710 g/mol. The SMILES string of the molecule is CCC/C=C\C/C=C\CCCCCCCC(=O)OCC(COP(=O)(O)O)OC(=O)CCCCCCCCC/C=C\C/C=C\CCCCCC. The highest BCUT2D eigenvalue weighted by molar-refractivity contribution is 7.46. The molecule has 2 N–H and O–H groups in total. The Hall–Kier alpha value is -1.99. The zero-order valence-electron chi connectivity index (χ0n) is 31.1. The molecule has 0 aliphatic carbocycles. The quantitative estimate of drug-likeness (QED) is 0.0289. The Morgan fingerprint density at radius 1 is 0.531 bits per heavy atom. The van der Waals surface area contributed by atoms with Crippen LogP contribution < -0.4 is 0 Å². The Labute approximate surface area is 299 Å². The summed E-state index contributed by atoms with van der Waals surface area (Å²) in [7, 11) is -4.76. The van der Waals surface area contributed by atoms with Crippen LogP contribution in [-0.4, -0.2) is 41.0 Å². The number of hydrogen-bond donors (Lipinski definition) is 2. The van der Waals surface area contributed by atoms with Crippen molar-refractivity contribution in [2.75, 3.05) is 13.2 Å². The van der Waals surface area contributed by atoms with Gasteiger partial charge in [0.15, 0.2) is 6.10 Å². The molecule has 1 unspecified atom stereocenters. The second kappa shape index (κ2) is 35.8. The van der Waals surface area contributed by atoms with E-state index in [1.807, 2.05) is 0 Å². The number of allylic oxidation sites excluding steroid dienone is 8. The van der Waals surface area contributed by atoms with Crippen LogP contribution in [-0.2, 0) is 28.2 Å². The van der Waals surface area contributed by atoms with Gasteiger partial charge in [0, 0.05) is 12.8 Å². The molecule has 284 valence electrons. The Morgan fingerprint density at radius 2 is 0.959 bits per heavy atom. The van der Waals surface area contributed by atoms with Gasteiger partial charge in [0.1, 0.15) is 6.61 Å². The molecule has 1 atom stereocenters. The van der Waals surface area contributed by atoms with Crippen LogP contribution in [0.5, 0.6) is 0 Å². The summed E-state index contributed by atoms with van der Waals surface area (Å²) in [6.07, 6.45) is 42.5. The molecule has 0 bridgehead atoms. The predicted octanol–water partition coefficient (Wildman–Crippen LogP) is 11.6. The number of phosphoric acid groups is 1. The standard InChI is InChI=1S/C40H71O8P/c1-3-5-7-9-11-13-15-17-18-19-20-21-23-25-27-29-31-33-35-40(42)48-38(37-47-49(43,44)45)36-46-39(41)34-32-30-28-26-24-22-16-14-12-10-8-6-4-2/h8,10,13-16,18-19,38H,3-7,9,11-12,17,20-37H2,1-2H3,(H2,43,44,45)/b10-8-,15-13-,16-14-,19-18-. The maximum atomic E-state index is 12.4. The molecule has 0 heterocycles. The minimum atomic E-state index is -4.76. The first kappa shape index (κ1) is 47.0. The first-order chi connectivity index (χ1) is 23.8. The minimum Gasteiger partial charge on any atom is -0.462 e. The average Bonchev–Trinajstić information content (AvgIpc) is 3.07. The summed E-state index contributed by atoms with van der Waals surface area (Å²) < 4.78 is 26.3. The van der Waals surface area contributed by atoms with E-state index in [2.05, 4.69) is 67.0 Å². The van der Waals surface area contributed by atoms with Crippen molar-refractivity contribution in [1.82, 2.24) is 0 Å². The number of rotatable bonds is 35. The molecule has 9 heteroatoms. The number of esters is 2. The summed E-state index contributed by atoms with van der Waals surface area (Å²) in [5, 5.41) is 0. The van der Waals surface area contributed by atoms with E-state index in [0.717, 1.165) is 77.0 Å². The van der Waals surface area contributed by atoms with E-state index in [9.17, 15) is 14.2 Å². The fraction of sp³-hybridized carbons (Fsp3) is 0.750. The van der Waals surface area contributed by atoms with E-state index in [1.165, 1.54) is 57.8 Å². The maximum absolute atomic E-state index is 12.4. The van der Waals surface area contributed by atoms with Crippen molar-refractivity contribution in [3.05, 3.63) is 48.6 Å². The van der Waals surface area contributed by atoms with E-state index < -0.39 is 32.5 Å². The topological polar surface area (TPSA) is 119 Å². The largest absolute Gasteiger partial charge is 0.469 e. The molecule has 0 saturated carbocycles. The van der Waals surface area contributed by atoms with Gasteiger partial charge in [-0.25, -0.2) is 4.57 Å². The number of carbonyl (C=O) groups is 2. The van der Waals surface area contributed by atoms with Gasteiger partial charge < -0.3 is 19.3 Å². The third kappa shape index (κ3) is 38.7. The van der Waals surface area contributed by atoms with Gasteiger partial charge in [-0.15, -0.1) is 0 Å². The first-order valence-corrected chi connectivity index (χ1v) is 21.0. The number of phosphoric ester groups is 1. The molecule has 0 aliphatic rings. The zero-order chi connectivity index (χ0) is 36.1. The molecule has 49 heavy (non-hydrogen) atoms. The van der Waals surface area contributed by atoms with Crippen molar-refractivity contribution in [1.29, 1.82) is 0 Å². The van der Waals surface area contributed by atoms with Gasteiger partial charge in [-0.3, -0.25) is 14.1 Å². The highest BCUT2D eigenvalue weighted by Crippen LogP contribution is 2.36. The van der Waals surface area contributed by atoms with Crippen molar-refractivity contribution in [2.45, 2.75) is 180 Å². The number of unbranched alkanes of at least 4 members (excludes halogenated alkanes) is 17. The zero-order valence-corrected chi connectivity index (χ0v) is 32.0. The first-order valence-electron chi connectivity index (χ1n) is 19.4. The highest BCUT2D eigenvalue weighted by Gasteiger charge is 2.22. The van der Waals surface area contributed by atoms with E-state index in [-0.39, 0.29) is 19.4 Å². The molecule has 0 radical (unpaired) electrons. The summed E-state index contributed by atoms with van der Waals surface area (Å²) in [6.45, 7) is 3.57. The third-order valence-corrected chi connectivity index (χ3v) is 8.54. The Kier molecular flexibility index (Phi) is 34.4. The summed E-state index contributed by atoms with van der Waals surface area (Å²) in [4.78, 5) is 42.7. The second-order valence-electron chi connectivity index (χ2n) is 12.9. The van der Waals surface area contributed by atoms with Crippen molar-refractivity contribution in [3.63, 3.8) is 0 Å². The third-order valence-electron chi connectivity index (χ3n) is 8.05. The maximum Gasteiger partial charge on any atom is 0.469 e. The lowest BCUT2D eigenvalue weighted by Gasteiger charge is -2.18. The number of hydrogen-bond acceptors (Lipinski definition) is 6. The van der Waals surface area contributed by atoms with E-state index >= 15 is 0 Å². The number of ether oxygens (including phenoxy) is 2. The van der Waals surface area contributed by atoms with Gasteiger partial charge in [-0.2, -0.15) is 0 Å². The summed E-state index contributed by atoms with van der Waals surface area (Å²) in [6, 6.07) is 0. The lowest BCUT2D eigenvalue weighted by molar-refractivity contribution is -0.161. The van der Waals surface area contributed by atoms with Crippen LogP contribution >= 0.6 is 7.82 Å². The van der Waals surface area contributed by atoms with E-state index in [0.29, 0.717) is 12.8 Å². The summed E-state index contributed by atoms with van der Waals surface area (Å²) >= 11 is 0. The van der Waals surface area contributed by atoms with Crippen LogP contribution in [0.3, 0.4) is 0 Å². The Bertz CT molecular complexity index is 937. The van der Waals surface area contributed by atoms with Gasteiger partial charge in [0.25, 0.3) is 0 Å². The van der Waals surface area contributed by atoms with Crippen LogP contribution in [0, 0.1) is 0 Å². The molecule has 0 rings (SSSR count). The fourth-order valence-corrected chi connectivity index (χ4v) is 5.51. The predicted molar refractivity (Wildman–Crippen MR) is 202 cm³/mol. The number of carbonyl (C=O) groups excluding carboxylic acids is 2.